The van der Waals surface area contributed by atoms with Gasteiger partial charge in [-0.1, -0.05) is 20.8 Å². The third kappa shape index (κ3) is 63.0. The number of unbranched alkanes of at least 4 members (excludes halogenated alkanes) is 1. The molecule has 0 aliphatic carbocycles. The van der Waals surface area contributed by atoms with Gasteiger partial charge in [0.2, 0.25) is 6.08 Å². The highest BCUT2D eigenvalue weighted by molar-refractivity contribution is 5.78. The third-order valence-electron chi connectivity index (χ3n) is 4.56. The molecule has 0 spiro atoms. The maximum atomic E-state index is 11.5. The van der Waals surface area contributed by atoms with Gasteiger partial charge in [0.05, 0.1) is 23.6 Å². The first kappa shape index (κ1) is 46.2. The molecule has 0 rings (SSSR count). The van der Waals surface area contributed by atoms with E-state index in [-0.39, 0.29) is 16.5 Å². The van der Waals surface area contributed by atoms with Crippen LogP contribution >= 0.6 is 0 Å². The van der Waals surface area contributed by atoms with Gasteiger partial charge in [0.25, 0.3) is 0 Å². The van der Waals surface area contributed by atoms with Crippen molar-refractivity contribution in [2.45, 2.75) is 112 Å². The summed E-state index contributed by atoms with van der Waals surface area (Å²) in [5.74, 6) is 0.413. The van der Waals surface area contributed by atoms with Crippen LogP contribution in [0.25, 0.3) is 0 Å². The van der Waals surface area contributed by atoms with Crippen LogP contribution in [-0.4, -0.2) is 119 Å². The third-order valence-corrected chi connectivity index (χ3v) is 4.56. The van der Waals surface area contributed by atoms with Crippen molar-refractivity contribution in [3.8, 4) is 0 Å². The Morgan fingerprint density at radius 3 is 1.44 bits per heavy atom. The summed E-state index contributed by atoms with van der Waals surface area (Å²) in [5, 5.41) is 0. The lowest BCUT2D eigenvalue weighted by Crippen LogP contribution is -2.16. The summed E-state index contributed by atoms with van der Waals surface area (Å²) in [6.07, 6.45) is 7.29. The van der Waals surface area contributed by atoms with Gasteiger partial charge in [-0.25, -0.2) is 19.8 Å². The van der Waals surface area contributed by atoms with Gasteiger partial charge in [-0.2, -0.15) is 0 Å². The van der Waals surface area contributed by atoms with Crippen LogP contribution in [0.2, 0.25) is 0 Å². The second-order valence-corrected chi connectivity index (χ2v) is 14.3. The fourth-order valence-electron chi connectivity index (χ4n) is 2.68. The quantitative estimate of drug-likeness (QED) is 0.171. The van der Waals surface area contributed by atoms with Crippen LogP contribution in [0.4, 0.5) is 0 Å². The molecule has 0 amide bonds. The summed E-state index contributed by atoms with van der Waals surface area (Å²) in [7, 11) is 12.4. The van der Waals surface area contributed by atoms with Crippen LogP contribution in [0.5, 0.6) is 0 Å². The Labute approximate surface area is 255 Å². The molecule has 0 saturated carbocycles. The molecule has 0 aromatic carbocycles. The Morgan fingerprint density at radius 2 is 1.12 bits per heavy atom. The summed E-state index contributed by atoms with van der Waals surface area (Å²) < 4.78 is 0. The number of aliphatic imine (C=N–C) groups is 3. The van der Waals surface area contributed by atoms with E-state index in [4.69, 9.17) is 5.73 Å². The van der Waals surface area contributed by atoms with Gasteiger partial charge in [0.15, 0.2) is 0 Å². The molecule has 0 unspecified atom stereocenters. The number of nitrogens with two attached hydrogens (primary N) is 1. The minimum absolute atomic E-state index is 0.0505. The van der Waals surface area contributed by atoms with E-state index in [1.807, 2.05) is 41.5 Å². The highest BCUT2D eigenvalue weighted by atomic mass is 16.1. The van der Waals surface area contributed by atoms with E-state index >= 15 is 0 Å². The molecule has 0 aliphatic rings. The monoisotopic (exact) mass is 584 g/mol. The Morgan fingerprint density at radius 1 is 0.683 bits per heavy atom. The molecule has 0 aliphatic heterocycles. The van der Waals surface area contributed by atoms with E-state index in [2.05, 4.69) is 98.7 Å². The molecule has 0 fully saturated rings. The van der Waals surface area contributed by atoms with Crippen LogP contribution in [0.15, 0.2) is 15.0 Å². The summed E-state index contributed by atoms with van der Waals surface area (Å²) in [6, 6.07) is 2.73. The predicted octanol–water partition coefficient (Wildman–Crippen LogP) is 5.65. The van der Waals surface area contributed by atoms with Crippen LogP contribution in [-0.2, 0) is 9.59 Å². The van der Waals surface area contributed by atoms with E-state index in [1.165, 1.54) is 6.08 Å². The summed E-state index contributed by atoms with van der Waals surface area (Å²) in [5.41, 5.74) is 5.10. The first-order chi connectivity index (χ1) is 18.6. The van der Waals surface area contributed by atoms with Crippen molar-refractivity contribution in [2.24, 2.45) is 26.1 Å². The molecule has 244 valence electrons. The van der Waals surface area contributed by atoms with E-state index in [0.717, 1.165) is 71.2 Å². The number of hydrogen-bond acceptors (Lipinski definition) is 9. The molecule has 0 bridgehead atoms. The van der Waals surface area contributed by atoms with Gasteiger partial charge < -0.3 is 20.4 Å². The van der Waals surface area contributed by atoms with Gasteiger partial charge >= 0.3 is 0 Å². The first-order valence-electron chi connectivity index (χ1n) is 14.9. The minimum atomic E-state index is -0.248. The number of isocyanates is 1. The molecule has 0 atom stereocenters. The van der Waals surface area contributed by atoms with Crippen molar-refractivity contribution in [2.75, 3.05) is 75.0 Å². The molecule has 0 aromatic rings. The van der Waals surface area contributed by atoms with Crippen molar-refractivity contribution < 1.29 is 9.59 Å². The topological polar surface area (TPSA) is 107 Å². The zero-order valence-electron chi connectivity index (χ0n) is 29.9. The second-order valence-electron chi connectivity index (χ2n) is 14.3. The van der Waals surface area contributed by atoms with Crippen molar-refractivity contribution in [1.29, 1.82) is 0 Å². The van der Waals surface area contributed by atoms with Crippen molar-refractivity contribution in [3.05, 3.63) is 0 Å². The zero-order chi connectivity index (χ0) is 33.1. The lowest BCUT2D eigenvalue weighted by atomic mass is 9.88. The lowest BCUT2D eigenvalue weighted by molar-refractivity contribution is -0.120. The van der Waals surface area contributed by atoms with Gasteiger partial charge in [-0.05, 0) is 141 Å². The number of ketones is 1. The molecule has 0 heterocycles. The number of carbonyl (C=O) groups is 1. The molecule has 0 saturated heterocycles. The van der Waals surface area contributed by atoms with E-state index in [0.29, 0.717) is 5.78 Å². The van der Waals surface area contributed by atoms with Crippen LogP contribution < -0.4 is 5.73 Å². The van der Waals surface area contributed by atoms with Gasteiger partial charge in [0, 0.05) is 12.8 Å². The van der Waals surface area contributed by atoms with Crippen LogP contribution in [0.3, 0.4) is 0 Å². The molecule has 0 radical (unpaired) electrons. The fourth-order valence-corrected chi connectivity index (χ4v) is 2.68. The van der Waals surface area contributed by atoms with Gasteiger partial charge in [-0.3, -0.25) is 4.79 Å². The lowest BCUT2D eigenvalue weighted by Gasteiger charge is -2.16. The molecule has 9 nitrogen and oxygen atoms in total. The number of Topliss-reactive ketones (excluding diaryl/α,β-unsaturated/α-hetero) is 1. The molecule has 41 heavy (non-hydrogen) atoms. The Hall–Kier alpha value is -1.73. The smallest absolute Gasteiger partial charge is 0.235 e. The summed E-state index contributed by atoms with van der Waals surface area (Å²) in [4.78, 5) is 39.1. The largest absolute Gasteiger partial charge is 0.330 e. The molecule has 9 heteroatoms. The van der Waals surface area contributed by atoms with E-state index in [9.17, 15) is 9.59 Å². The predicted molar refractivity (Wildman–Crippen MR) is 179 cm³/mol. The number of carbonyl (C=O) groups excluding carboxylic acids is 2. The number of rotatable bonds is 13. The van der Waals surface area contributed by atoms with Crippen molar-refractivity contribution in [1.82, 2.24) is 14.7 Å². The van der Waals surface area contributed by atoms with Crippen LogP contribution in [0.1, 0.15) is 101 Å². The van der Waals surface area contributed by atoms with Gasteiger partial charge in [0.1, 0.15) is 5.78 Å². The summed E-state index contributed by atoms with van der Waals surface area (Å²) in [6.45, 7) is 22.9. The first-order valence-corrected chi connectivity index (χ1v) is 14.9. The average molecular weight is 584 g/mol. The summed E-state index contributed by atoms with van der Waals surface area (Å²) >= 11 is 0. The Bertz CT molecular complexity index is 716. The minimum Gasteiger partial charge on any atom is -0.330 e. The number of nitrogens with zero attached hydrogens (tertiary/aromatic N) is 6. The molecule has 2 N–H and O–H groups in total. The zero-order valence-corrected chi connectivity index (χ0v) is 29.9. The van der Waals surface area contributed by atoms with Crippen molar-refractivity contribution >= 4 is 17.9 Å². The van der Waals surface area contributed by atoms with Crippen LogP contribution in [0, 0.1) is 5.41 Å². The Kier molecular flexibility index (Phi) is 30.6. The molecular weight excluding hydrogens is 514 g/mol. The maximum absolute atomic E-state index is 11.5. The maximum Gasteiger partial charge on any atom is 0.235 e. The number of hydrogen-bond donors (Lipinski definition) is 1. The Balaban J connectivity index is -0.000000234. The second kappa shape index (κ2) is 27.1. The molecule has 0 aromatic heterocycles. The average Bonchev–Trinajstić information content (AvgIpc) is 2.76. The SMILES string of the molecule is CC(C)(C)N=C=O.CN(C)CCCCC(=O)CC(C)(C)C.CN(C)CCCN.CN(C)CCCN=C=NC(C)(C)C. The highest BCUT2D eigenvalue weighted by Gasteiger charge is 2.15. The molecular formula is C32H69N7O2. The van der Waals surface area contributed by atoms with E-state index < -0.39 is 0 Å². The highest BCUT2D eigenvalue weighted by Crippen LogP contribution is 2.20. The normalized spacial score (nSPS) is 11.2. The van der Waals surface area contributed by atoms with E-state index in [1.54, 1.807) is 0 Å². The van der Waals surface area contributed by atoms with Crippen molar-refractivity contribution in [3.63, 3.8) is 0 Å². The van der Waals surface area contributed by atoms with Gasteiger partial charge in [-0.15, -0.1) is 0 Å². The standard InChI is InChI=1S/C12H25NO.C10H21N3.C5H14N2.C5H9NO/c1-12(2,3)10-11(14)8-6-7-9-13(4)5;1-10(2,3)12-9-11-7-6-8-13(4)5;1-7(2)5-3-4-6;1-5(2,3)6-4-7/h6-10H2,1-5H3;6-8H2,1-5H3;3-6H2,1-2H3;1-3H3. The fraction of sp³-hybridized carbons (Fsp3) is 0.906.